The lowest BCUT2D eigenvalue weighted by molar-refractivity contribution is 0.102. The van der Waals surface area contributed by atoms with Gasteiger partial charge in [0.25, 0.3) is 5.91 Å². The molecule has 0 atom stereocenters. The van der Waals surface area contributed by atoms with Crippen molar-refractivity contribution in [2.75, 3.05) is 19.5 Å². The van der Waals surface area contributed by atoms with Crippen LogP contribution in [0.25, 0.3) is 15.5 Å². The molecule has 2 aromatic carbocycles. The zero-order valence-electron chi connectivity index (χ0n) is 14.5. The molecule has 0 saturated heterocycles. The molecule has 2 aromatic heterocycles. The van der Waals surface area contributed by atoms with E-state index in [1.165, 1.54) is 18.4 Å². The Bertz CT molecular complexity index is 1090. The van der Waals surface area contributed by atoms with Crippen LogP contribution in [0.4, 0.5) is 5.69 Å². The third-order valence-electron chi connectivity index (χ3n) is 3.90. The maximum atomic E-state index is 12.6. The fourth-order valence-corrected chi connectivity index (χ4v) is 3.40. The molecule has 0 aliphatic carbocycles. The Balaban J connectivity index is 1.57. The molecule has 0 fully saturated rings. The average molecular weight is 381 g/mol. The van der Waals surface area contributed by atoms with Crippen LogP contribution in [0.3, 0.4) is 0 Å². The third kappa shape index (κ3) is 3.32. The lowest BCUT2D eigenvalue weighted by Crippen LogP contribution is -2.12. The smallest absolute Gasteiger partial charge is 0.255 e. The van der Waals surface area contributed by atoms with Crippen LogP contribution in [0.15, 0.2) is 48.8 Å². The molecule has 0 saturated carbocycles. The molecule has 0 aliphatic heterocycles. The molecule has 0 spiro atoms. The summed E-state index contributed by atoms with van der Waals surface area (Å²) in [5.74, 6) is 0.823. The summed E-state index contributed by atoms with van der Waals surface area (Å²) in [6.45, 7) is 0. The molecule has 0 aliphatic rings. The van der Waals surface area contributed by atoms with Gasteiger partial charge < -0.3 is 14.8 Å². The molecular weight excluding hydrogens is 366 g/mol. The summed E-state index contributed by atoms with van der Waals surface area (Å²) in [5.41, 5.74) is 2.02. The fourth-order valence-electron chi connectivity index (χ4n) is 2.59. The monoisotopic (exact) mass is 381 g/mol. The van der Waals surface area contributed by atoms with E-state index in [0.29, 0.717) is 27.7 Å². The van der Waals surface area contributed by atoms with Crippen LogP contribution in [0.1, 0.15) is 10.4 Å². The van der Waals surface area contributed by atoms with Crippen molar-refractivity contribution >= 4 is 27.9 Å². The number of anilines is 1. The molecule has 0 unspecified atom stereocenters. The number of rotatable bonds is 5. The van der Waals surface area contributed by atoms with Gasteiger partial charge in [-0.2, -0.15) is 9.61 Å². The van der Waals surface area contributed by atoms with E-state index in [9.17, 15) is 4.79 Å². The van der Waals surface area contributed by atoms with Gasteiger partial charge in [0.05, 0.1) is 14.2 Å². The third-order valence-corrected chi connectivity index (χ3v) is 4.86. The molecule has 4 aromatic rings. The molecule has 2 heterocycles. The van der Waals surface area contributed by atoms with Crippen LogP contribution in [0.5, 0.6) is 11.5 Å². The number of nitrogens with zero attached hydrogens (tertiary/aromatic N) is 4. The molecule has 8 nitrogen and oxygen atoms in total. The summed E-state index contributed by atoms with van der Waals surface area (Å²) in [4.78, 5) is 13.3. The first-order chi connectivity index (χ1) is 13.2. The second-order valence-electron chi connectivity index (χ2n) is 5.57. The summed E-state index contributed by atoms with van der Waals surface area (Å²) < 4.78 is 12.1. The first-order valence-electron chi connectivity index (χ1n) is 7.98. The number of nitrogens with one attached hydrogen (secondary N) is 1. The van der Waals surface area contributed by atoms with Gasteiger partial charge in [0.15, 0.2) is 11.5 Å². The summed E-state index contributed by atoms with van der Waals surface area (Å²) in [5, 5.41) is 15.9. The van der Waals surface area contributed by atoms with Crippen LogP contribution >= 0.6 is 11.3 Å². The van der Waals surface area contributed by atoms with Crippen molar-refractivity contribution in [3.05, 3.63) is 54.4 Å². The zero-order chi connectivity index (χ0) is 18.8. The zero-order valence-corrected chi connectivity index (χ0v) is 15.4. The molecule has 0 bridgehead atoms. The van der Waals surface area contributed by atoms with E-state index in [-0.39, 0.29) is 5.91 Å². The largest absolute Gasteiger partial charge is 0.493 e. The van der Waals surface area contributed by atoms with Gasteiger partial charge in [0, 0.05) is 16.8 Å². The first kappa shape index (κ1) is 17.0. The van der Waals surface area contributed by atoms with Crippen LogP contribution in [-0.2, 0) is 0 Å². The number of hydrogen-bond acceptors (Lipinski definition) is 7. The predicted octanol–water partition coefficient (Wildman–Crippen LogP) is 3.12. The van der Waals surface area contributed by atoms with Crippen molar-refractivity contribution < 1.29 is 14.3 Å². The average Bonchev–Trinajstić information content (AvgIpc) is 3.30. The Morgan fingerprint density at radius 1 is 1.11 bits per heavy atom. The summed E-state index contributed by atoms with van der Waals surface area (Å²) in [6, 6.07) is 12.5. The van der Waals surface area contributed by atoms with E-state index in [1.807, 2.05) is 24.3 Å². The molecule has 1 amide bonds. The number of hydrogen-bond donors (Lipinski definition) is 1. The minimum Gasteiger partial charge on any atom is -0.493 e. The number of methoxy groups -OCH3 is 2. The molecule has 1 N–H and O–H groups in total. The Kier molecular flexibility index (Phi) is 4.43. The van der Waals surface area contributed by atoms with Crippen molar-refractivity contribution in [2.45, 2.75) is 0 Å². The maximum absolute atomic E-state index is 12.6. The van der Waals surface area contributed by atoms with Gasteiger partial charge in [0.1, 0.15) is 11.3 Å². The lowest BCUT2D eigenvalue weighted by atomic mass is 10.1. The number of carbonyl (C=O) groups excluding carboxylic acids is 1. The number of fused-ring (bicyclic) bond motifs is 1. The normalized spacial score (nSPS) is 10.7. The van der Waals surface area contributed by atoms with E-state index < -0.39 is 0 Å². The molecule has 0 radical (unpaired) electrons. The Labute approximate surface area is 158 Å². The van der Waals surface area contributed by atoms with Gasteiger partial charge in [-0.05, 0) is 30.3 Å². The first-order valence-corrected chi connectivity index (χ1v) is 8.80. The van der Waals surface area contributed by atoms with E-state index in [2.05, 4.69) is 20.6 Å². The van der Waals surface area contributed by atoms with Crippen LogP contribution in [0.2, 0.25) is 0 Å². The van der Waals surface area contributed by atoms with Crippen molar-refractivity contribution in [3.63, 3.8) is 0 Å². The molecular formula is C18H15N5O3S. The van der Waals surface area contributed by atoms with E-state index in [0.717, 1.165) is 10.6 Å². The highest BCUT2D eigenvalue weighted by Gasteiger charge is 2.12. The van der Waals surface area contributed by atoms with E-state index in [4.69, 9.17) is 9.47 Å². The van der Waals surface area contributed by atoms with Gasteiger partial charge >= 0.3 is 0 Å². The fraction of sp³-hybridized carbons (Fsp3) is 0.111. The van der Waals surface area contributed by atoms with Gasteiger partial charge in [-0.3, -0.25) is 4.79 Å². The number of aromatic nitrogens is 4. The molecule has 27 heavy (non-hydrogen) atoms. The van der Waals surface area contributed by atoms with Crippen molar-refractivity contribution in [1.82, 2.24) is 19.8 Å². The maximum Gasteiger partial charge on any atom is 0.255 e. The van der Waals surface area contributed by atoms with Crippen molar-refractivity contribution in [3.8, 4) is 22.1 Å². The van der Waals surface area contributed by atoms with E-state index in [1.54, 1.807) is 36.2 Å². The standard InChI is InChI=1S/C18H15N5O3S/c1-25-14-7-6-11(9-15(14)26-2)16(24)20-13-5-3-4-12(8-13)17-22-23-10-19-21-18(23)27-17/h3-10H,1-2H3,(H,20,24). The summed E-state index contributed by atoms with van der Waals surface area (Å²) in [6.07, 6.45) is 1.55. The second kappa shape index (κ2) is 7.04. The summed E-state index contributed by atoms with van der Waals surface area (Å²) >= 11 is 1.43. The van der Waals surface area contributed by atoms with Gasteiger partial charge in [-0.15, -0.1) is 10.2 Å². The Hall–Kier alpha value is -3.46. The molecule has 4 rings (SSSR count). The van der Waals surface area contributed by atoms with Crippen molar-refractivity contribution in [2.24, 2.45) is 0 Å². The highest BCUT2D eigenvalue weighted by Crippen LogP contribution is 2.29. The predicted molar refractivity (Wildman–Crippen MR) is 102 cm³/mol. The highest BCUT2D eigenvalue weighted by molar-refractivity contribution is 7.19. The number of carbonyl (C=O) groups is 1. The topological polar surface area (TPSA) is 90.6 Å². The van der Waals surface area contributed by atoms with Crippen LogP contribution in [0, 0.1) is 0 Å². The van der Waals surface area contributed by atoms with Gasteiger partial charge in [0.2, 0.25) is 4.96 Å². The van der Waals surface area contributed by atoms with Gasteiger partial charge in [-0.25, -0.2) is 0 Å². The van der Waals surface area contributed by atoms with Gasteiger partial charge in [-0.1, -0.05) is 23.5 Å². The number of ether oxygens (including phenoxy) is 2. The minimum atomic E-state index is -0.244. The summed E-state index contributed by atoms with van der Waals surface area (Å²) in [7, 11) is 3.08. The minimum absolute atomic E-state index is 0.244. The number of amides is 1. The SMILES string of the molecule is COc1ccc(C(=O)Nc2cccc(-c3nn4cnnc4s3)c2)cc1OC. The van der Waals surface area contributed by atoms with E-state index >= 15 is 0 Å². The Morgan fingerprint density at radius 3 is 2.74 bits per heavy atom. The lowest BCUT2D eigenvalue weighted by Gasteiger charge is -2.10. The van der Waals surface area contributed by atoms with Crippen LogP contribution in [-0.4, -0.2) is 39.9 Å². The van der Waals surface area contributed by atoms with Crippen LogP contribution < -0.4 is 14.8 Å². The molecule has 9 heteroatoms. The molecule has 136 valence electrons. The number of benzene rings is 2. The second-order valence-corrected chi connectivity index (χ2v) is 6.53. The quantitative estimate of drug-likeness (QED) is 0.571. The highest BCUT2D eigenvalue weighted by atomic mass is 32.1. The Morgan fingerprint density at radius 2 is 1.96 bits per heavy atom. The van der Waals surface area contributed by atoms with Crippen molar-refractivity contribution in [1.29, 1.82) is 0 Å².